The van der Waals surface area contributed by atoms with Crippen LogP contribution in [0.2, 0.25) is 0 Å². The molecule has 4 rings (SSSR count). The van der Waals surface area contributed by atoms with Crippen LogP contribution >= 0.6 is 0 Å². The van der Waals surface area contributed by atoms with Crippen molar-refractivity contribution >= 4 is 16.9 Å². The third kappa shape index (κ3) is 1.40. The van der Waals surface area contributed by atoms with Crippen LogP contribution in [0.15, 0.2) is 30.5 Å². The molecule has 3 aromatic rings. The highest BCUT2D eigenvalue weighted by Crippen LogP contribution is 2.39. The second kappa shape index (κ2) is 3.35. The van der Waals surface area contributed by atoms with Crippen molar-refractivity contribution in [3.8, 4) is 5.69 Å². The van der Waals surface area contributed by atoms with Gasteiger partial charge in [0.25, 0.3) is 0 Å². The molecule has 1 aliphatic rings. The third-order valence-corrected chi connectivity index (χ3v) is 3.36. The molecule has 1 fully saturated rings. The summed E-state index contributed by atoms with van der Waals surface area (Å²) >= 11 is 0. The summed E-state index contributed by atoms with van der Waals surface area (Å²) in [5.41, 5.74) is 8.86. The van der Waals surface area contributed by atoms with E-state index in [1.54, 1.807) is 16.9 Å². The van der Waals surface area contributed by atoms with Crippen LogP contribution in [0.1, 0.15) is 24.6 Å². The Bertz CT molecular complexity index is 720. The molecule has 2 heterocycles. The fourth-order valence-corrected chi connectivity index (χ4v) is 2.23. The minimum absolute atomic E-state index is 0.635. The van der Waals surface area contributed by atoms with Gasteiger partial charge < -0.3 is 10.7 Å². The van der Waals surface area contributed by atoms with Crippen molar-refractivity contribution in [3.05, 3.63) is 36.3 Å². The Balaban J connectivity index is 1.85. The molecule has 0 unspecified atom stereocenters. The average Bonchev–Trinajstić information content (AvgIpc) is 3.00. The monoisotopic (exact) mass is 239 g/mol. The highest BCUT2D eigenvalue weighted by atomic mass is 15.3. The fourth-order valence-electron chi connectivity index (χ4n) is 2.23. The molecule has 0 bridgehead atoms. The van der Waals surface area contributed by atoms with E-state index in [9.17, 15) is 0 Å². The van der Waals surface area contributed by atoms with Crippen molar-refractivity contribution in [2.75, 3.05) is 5.73 Å². The molecule has 18 heavy (non-hydrogen) atoms. The number of aromatic nitrogens is 4. The summed E-state index contributed by atoms with van der Waals surface area (Å²) in [7, 11) is 0. The zero-order valence-corrected chi connectivity index (χ0v) is 9.80. The number of nitrogens with two attached hydrogens (primary N) is 1. The quantitative estimate of drug-likeness (QED) is 0.720. The number of nitrogens with zero attached hydrogens (tertiary/aromatic N) is 3. The van der Waals surface area contributed by atoms with Crippen molar-refractivity contribution in [2.45, 2.75) is 18.8 Å². The number of H-pyrrole nitrogens is 1. The van der Waals surface area contributed by atoms with Crippen molar-refractivity contribution in [2.24, 2.45) is 0 Å². The van der Waals surface area contributed by atoms with Crippen LogP contribution in [0.25, 0.3) is 16.7 Å². The van der Waals surface area contributed by atoms with Gasteiger partial charge in [-0.3, -0.25) is 0 Å². The summed E-state index contributed by atoms with van der Waals surface area (Å²) in [5, 5.41) is 4.20. The number of hydrogen-bond donors (Lipinski definition) is 2. The summed E-state index contributed by atoms with van der Waals surface area (Å²) in [6.45, 7) is 0. The lowest BCUT2D eigenvalue weighted by molar-refractivity contribution is 0.892. The normalized spacial score (nSPS) is 15.3. The smallest absolute Gasteiger partial charge is 0.127 e. The van der Waals surface area contributed by atoms with Crippen molar-refractivity contribution in [1.82, 2.24) is 19.7 Å². The maximum atomic E-state index is 5.85. The molecule has 1 aliphatic carbocycles. The number of anilines is 1. The second-order valence-corrected chi connectivity index (χ2v) is 4.77. The molecule has 1 aromatic carbocycles. The maximum absolute atomic E-state index is 5.85. The van der Waals surface area contributed by atoms with Gasteiger partial charge in [0.2, 0.25) is 0 Å². The topological polar surface area (TPSA) is 72.5 Å². The first-order valence-electron chi connectivity index (χ1n) is 6.11. The van der Waals surface area contributed by atoms with E-state index in [2.05, 4.69) is 15.1 Å². The molecule has 0 aliphatic heterocycles. The summed E-state index contributed by atoms with van der Waals surface area (Å²) in [6, 6.07) is 7.82. The number of hydrogen-bond acceptors (Lipinski definition) is 3. The molecule has 0 saturated heterocycles. The van der Waals surface area contributed by atoms with Crippen molar-refractivity contribution in [3.63, 3.8) is 0 Å². The van der Waals surface area contributed by atoms with E-state index in [0.717, 1.165) is 22.5 Å². The molecular weight excluding hydrogens is 226 g/mol. The predicted octanol–water partition coefficient (Wildman–Crippen LogP) is 2.21. The van der Waals surface area contributed by atoms with Gasteiger partial charge in [-0.1, -0.05) is 0 Å². The van der Waals surface area contributed by atoms with Crippen LogP contribution in [-0.4, -0.2) is 19.7 Å². The van der Waals surface area contributed by atoms with E-state index in [4.69, 9.17) is 5.73 Å². The Labute approximate surface area is 104 Å². The molecule has 0 atom stereocenters. The summed E-state index contributed by atoms with van der Waals surface area (Å²) in [4.78, 5) is 7.99. The molecule has 3 N–H and O–H groups in total. The predicted molar refractivity (Wildman–Crippen MR) is 69.6 cm³/mol. The second-order valence-electron chi connectivity index (χ2n) is 4.77. The number of imidazole rings is 1. The Hall–Kier alpha value is -2.30. The molecule has 2 aromatic heterocycles. The van der Waals surface area contributed by atoms with Gasteiger partial charge >= 0.3 is 0 Å². The number of rotatable bonds is 2. The molecule has 5 heteroatoms. The zero-order valence-electron chi connectivity index (χ0n) is 9.80. The number of nitrogen functional groups attached to an aromatic ring is 1. The van der Waals surface area contributed by atoms with Gasteiger partial charge in [0.05, 0.1) is 22.9 Å². The highest BCUT2D eigenvalue weighted by Gasteiger charge is 2.26. The van der Waals surface area contributed by atoms with Gasteiger partial charge in [-0.05, 0) is 31.0 Å². The van der Waals surface area contributed by atoms with Crippen LogP contribution in [0.3, 0.4) is 0 Å². The standard InChI is InChI=1S/C13H13N5/c14-12-5-6-15-18(12)9-3-4-10-11(7-9)17-13(16-10)8-1-2-8/h3-8H,1-2,14H2,(H,16,17). The lowest BCUT2D eigenvalue weighted by Crippen LogP contribution is -2.01. The Morgan fingerprint density at radius 3 is 2.89 bits per heavy atom. The van der Waals surface area contributed by atoms with E-state index >= 15 is 0 Å². The Morgan fingerprint density at radius 2 is 2.17 bits per heavy atom. The third-order valence-electron chi connectivity index (χ3n) is 3.36. The van der Waals surface area contributed by atoms with E-state index in [-0.39, 0.29) is 0 Å². The molecule has 90 valence electrons. The van der Waals surface area contributed by atoms with Crippen LogP contribution in [0.5, 0.6) is 0 Å². The Kier molecular flexibility index (Phi) is 1.81. The van der Waals surface area contributed by atoms with Gasteiger partial charge in [0, 0.05) is 12.0 Å². The first kappa shape index (κ1) is 9.70. The van der Waals surface area contributed by atoms with Crippen molar-refractivity contribution < 1.29 is 0 Å². The van der Waals surface area contributed by atoms with Gasteiger partial charge in [-0.2, -0.15) is 5.10 Å². The first-order valence-corrected chi connectivity index (χ1v) is 6.11. The van der Waals surface area contributed by atoms with Crippen LogP contribution in [0.4, 0.5) is 5.82 Å². The highest BCUT2D eigenvalue weighted by molar-refractivity contribution is 5.78. The van der Waals surface area contributed by atoms with Crippen LogP contribution in [-0.2, 0) is 0 Å². The largest absolute Gasteiger partial charge is 0.384 e. The molecule has 1 saturated carbocycles. The van der Waals surface area contributed by atoms with E-state index < -0.39 is 0 Å². The number of aromatic amines is 1. The lowest BCUT2D eigenvalue weighted by Gasteiger charge is -2.03. The summed E-state index contributed by atoms with van der Waals surface area (Å²) in [6.07, 6.45) is 4.19. The van der Waals surface area contributed by atoms with E-state index in [0.29, 0.717) is 11.7 Å². The SMILES string of the molecule is Nc1ccnn1-c1ccc2nc(C3CC3)[nH]c2c1. The average molecular weight is 239 g/mol. The fraction of sp³-hybridized carbons (Fsp3) is 0.231. The van der Waals surface area contributed by atoms with Gasteiger partial charge in [0.15, 0.2) is 0 Å². The molecule has 0 spiro atoms. The molecular formula is C13H13N5. The molecule has 0 radical (unpaired) electrons. The van der Waals surface area contributed by atoms with Crippen LogP contribution in [0, 0.1) is 0 Å². The lowest BCUT2D eigenvalue weighted by atomic mass is 10.3. The Morgan fingerprint density at radius 1 is 1.28 bits per heavy atom. The summed E-state index contributed by atoms with van der Waals surface area (Å²) < 4.78 is 1.72. The first-order chi connectivity index (χ1) is 8.81. The molecule has 0 amide bonds. The maximum Gasteiger partial charge on any atom is 0.127 e. The van der Waals surface area contributed by atoms with Crippen molar-refractivity contribution in [1.29, 1.82) is 0 Å². The number of benzene rings is 1. The van der Waals surface area contributed by atoms with E-state index in [1.165, 1.54) is 12.8 Å². The van der Waals surface area contributed by atoms with E-state index in [1.807, 2.05) is 18.2 Å². The summed E-state index contributed by atoms with van der Waals surface area (Å²) in [5.74, 6) is 2.38. The number of nitrogens with one attached hydrogen (secondary N) is 1. The molecule has 5 nitrogen and oxygen atoms in total. The van der Waals surface area contributed by atoms with Crippen LogP contribution < -0.4 is 5.73 Å². The van der Waals surface area contributed by atoms with Gasteiger partial charge in [-0.15, -0.1) is 0 Å². The zero-order chi connectivity index (χ0) is 12.1. The van der Waals surface area contributed by atoms with Gasteiger partial charge in [0.1, 0.15) is 11.6 Å². The minimum Gasteiger partial charge on any atom is -0.384 e. The minimum atomic E-state index is 0.635. The number of fused-ring (bicyclic) bond motifs is 1. The van der Waals surface area contributed by atoms with Gasteiger partial charge in [-0.25, -0.2) is 9.67 Å².